The van der Waals surface area contributed by atoms with Crippen LogP contribution in [0.5, 0.6) is 0 Å². The van der Waals surface area contributed by atoms with Crippen LogP contribution in [0.3, 0.4) is 0 Å². The van der Waals surface area contributed by atoms with Gasteiger partial charge in [0.05, 0.1) is 6.54 Å². The molecule has 122 valence electrons. The average molecular weight is 318 g/mol. The van der Waals surface area contributed by atoms with Crippen molar-refractivity contribution in [2.45, 2.75) is 19.5 Å². The van der Waals surface area contributed by atoms with Gasteiger partial charge in [0.1, 0.15) is 12.1 Å². The number of nitrogens with zero attached hydrogens (tertiary/aromatic N) is 6. The SMILES string of the molecule is O=C(CCn1cnnn1)N1CCN(Cc2cccc(F)c2)CC1. The van der Waals surface area contributed by atoms with E-state index >= 15 is 0 Å². The molecule has 1 aliphatic rings. The first-order chi connectivity index (χ1) is 11.2. The Morgan fingerprint density at radius 3 is 2.74 bits per heavy atom. The fraction of sp³-hybridized carbons (Fsp3) is 0.467. The Morgan fingerprint density at radius 2 is 2.04 bits per heavy atom. The normalized spacial score (nSPS) is 15.8. The van der Waals surface area contributed by atoms with Crippen molar-refractivity contribution in [3.05, 3.63) is 42.0 Å². The maximum Gasteiger partial charge on any atom is 0.224 e. The van der Waals surface area contributed by atoms with Crippen molar-refractivity contribution < 1.29 is 9.18 Å². The number of hydrogen-bond acceptors (Lipinski definition) is 5. The summed E-state index contributed by atoms with van der Waals surface area (Å²) in [5, 5.41) is 10.8. The molecule has 7 nitrogen and oxygen atoms in total. The van der Waals surface area contributed by atoms with E-state index in [2.05, 4.69) is 20.4 Å². The van der Waals surface area contributed by atoms with Gasteiger partial charge >= 0.3 is 0 Å². The van der Waals surface area contributed by atoms with Crippen molar-refractivity contribution in [2.75, 3.05) is 26.2 Å². The third-order valence-electron chi connectivity index (χ3n) is 3.97. The second-order valence-corrected chi connectivity index (χ2v) is 5.61. The zero-order chi connectivity index (χ0) is 16.1. The third-order valence-corrected chi connectivity index (χ3v) is 3.97. The van der Waals surface area contributed by atoms with Gasteiger partial charge in [0, 0.05) is 39.1 Å². The molecule has 1 aromatic heterocycles. The van der Waals surface area contributed by atoms with Crippen molar-refractivity contribution in [3.8, 4) is 0 Å². The van der Waals surface area contributed by atoms with Crippen LogP contribution in [0.25, 0.3) is 0 Å². The van der Waals surface area contributed by atoms with Crippen LogP contribution in [-0.4, -0.2) is 62.1 Å². The summed E-state index contributed by atoms with van der Waals surface area (Å²) in [5.74, 6) is -0.0928. The van der Waals surface area contributed by atoms with Gasteiger partial charge in [-0.2, -0.15) is 0 Å². The molecule has 1 aliphatic heterocycles. The van der Waals surface area contributed by atoms with Crippen LogP contribution < -0.4 is 0 Å². The Balaban J connectivity index is 1.43. The lowest BCUT2D eigenvalue weighted by molar-refractivity contribution is -0.133. The highest BCUT2D eigenvalue weighted by atomic mass is 19.1. The summed E-state index contributed by atoms with van der Waals surface area (Å²) >= 11 is 0. The van der Waals surface area contributed by atoms with E-state index in [-0.39, 0.29) is 11.7 Å². The smallest absolute Gasteiger partial charge is 0.224 e. The number of hydrogen-bond donors (Lipinski definition) is 0. The number of rotatable bonds is 5. The van der Waals surface area contributed by atoms with Gasteiger partial charge in [-0.05, 0) is 28.1 Å². The average Bonchev–Trinajstić information content (AvgIpc) is 3.07. The maximum absolute atomic E-state index is 13.2. The van der Waals surface area contributed by atoms with Crippen LogP contribution >= 0.6 is 0 Å². The lowest BCUT2D eigenvalue weighted by atomic mass is 10.2. The Labute approximate surface area is 133 Å². The molecule has 2 aromatic rings. The number of benzene rings is 1. The van der Waals surface area contributed by atoms with Crippen LogP contribution in [0.1, 0.15) is 12.0 Å². The molecule has 0 bridgehead atoms. The lowest BCUT2D eigenvalue weighted by Crippen LogP contribution is -2.48. The zero-order valence-corrected chi connectivity index (χ0v) is 12.8. The van der Waals surface area contributed by atoms with E-state index in [1.54, 1.807) is 16.8 Å². The predicted molar refractivity (Wildman–Crippen MR) is 80.7 cm³/mol. The molecule has 23 heavy (non-hydrogen) atoms. The summed E-state index contributed by atoms with van der Waals surface area (Å²) in [6.45, 7) is 4.20. The predicted octanol–water partition coefficient (Wildman–Crippen LogP) is 0.547. The van der Waals surface area contributed by atoms with Gasteiger partial charge in [-0.25, -0.2) is 9.07 Å². The second kappa shape index (κ2) is 7.28. The van der Waals surface area contributed by atoms with Crippen LogP contribution in [-0.2, 0) is 17.9 Å². The first-order valence-corrected chi connectivity index (χ1v) is 7.66. The highest BCUT2D eigenvalue weighted by Crippen LogP contribution is 2.11. The Morgan fingerprint density at radius 1 is 1.22 bits per heavy atom. The van der Waals surface area contributed by atoms with E-state index in [9.17, 15) is 9.18 Å². The summed E-state index contributed by atoms with van der Waals surface area (Å²) < 4.78 is 14.8. The number of carbonyl (C=O) groups excluding carboxylic acids is 1. The summed E-state index contributed by atoms with van der Waals surface area (Å²) in [4.78, 5) is 16.3. The first-order valence-electron chi connectivity index (χ1n) is 7.66. The standard InChI is InChI=1S/C15H19FN6O/c16-14-3-1-2-13(10-14)11-20-6-8-21(9-7-20)15(23)4-5-22-12-17-18-19-22/h1-3,10,12H,4-9,11H2. The third kappa shape index (κ3) is 4.32. The number of piperazine rings is 1. The Hall–Kier alpha value is -2.35. The van der Waals surface area contributed by atoms with Crippen LogP contribution in [0.4, 0.5) is 4.39 Å². The Bertz CT molecular complexity index is 639. The Kier molecular flexibility index (Phi) is 4.92. The molecule has 0 N–H and O–H groups in total. The van der Waals surface area contributed by atoms with E-state index < -0.39 is 0 Å². The molecule has 0 radical (unpaired) electrons. The number of halogens is 1. The van der Waals surface area contributed by atoms with E-state index in [0.29, 0.717) is 32.6 Å². The minimum Gasteiger partial charge on any atom is -0.340 e. The molecule has 0 aliphatic carbocycles. The molecule has 8 heteroatoms. The minimum atomic E-state index is -0.209. The lowest BCUT2D eigenvalue weighted by Gasteiger charge is -2.34. The second-order valence-electron chi connectivity index (χ2n) is 5.61. The summed E-state index contributed by atoms with van der Waals surface area (Å²) in [6, 6.07) is 6.66. The van der Waals surface area contributed by atoms with Gasteiger partial charge in [-0.15, -0.1) is 5.10 Å². The van der Waals surface area contributed by atoms with E-state index in [0.717, 1.165) is 18.7 Å². The highest BCUT2D eigenvalue weighted by molar-refractivity contribution is 5.76. The van der Waals surface area contributed by atoms with Crippen LogP contribution in [0.15, 0.2) is 30.6 Å². The van der Waals surface area contributed by atoms with Gasteiger partial charge in [0.2, 0.25) is 5.91 Å². The van der Waals surface area contributed by atoms with Crippen molar-refractivity contribution in [2.24, 2.45) is 0 Å². The van der Waals surface area contributed by atoms with Gasteiger partial charge in [0.15, 0.2) is 0 Å². The highest BCUT2D eigenvalue weighted by Gasteiger charge is 2.21. The fourth-order valence-corrected chi connectivity index (χ4v) is 2.70. The van der Waals surface area contributed by atoms with E-state index in [1.165, 1.54) is 12.4 Å². The van der Waals surface area contributed by atoms with Gasteiger partial charge < -0.3 is 4.90 Å². The van der Waals surface area contributed by atoms with Crippen molar-refractivity contribution in [1.82, 2.24) is 30.0 Å². The maximum atomic E-state index is 13.2. The molecule has 1 saturated heterocycles. The van der Waals surface area contributed by atoms with Crippen molar-refractivity contribution in [1.29, 1.82) is 0 Å². The van der Waals surface area contributed by atoms with E-state index in [4.69, 9.17) is 0 Å². The molecule has 1 amide bonds. The monoisotopic (exact) mass is 318 g/mol. The number of aromatic nitrogens is 4. The van der Waals surface area contributed by atoms with Crippen LogP contribution in [0, 0.1) is 5.82 Å². The number of tetrazole rings is 1. The van der Waals surface area contributed by atoms with Crippen molar-refractivity contribution in [3.63, 3.8) is 0 Å². The molecule has 1 aromatic carbocycles. The molecular weight excluding hydrogens is 299 g/mol. The molecule has 1 fully saturated rings. The molecule has 2 heterocycles. The molecule has 3 rings (SSSR count). The van der Waals surface area contributed by atoms with Crippen molar-refractivity contribution >= 4 is 5.91 Å². The molecule has 0 atom stereocenters. The summed E-state index contributed by atoms with van der Waals surface area (Å²) in [5.41, 5.74) is 0.962. The number of amides is 1. The molecular formula is C15H19FN6O. The quantitative estimate of drug-likeness (QED) is 0.805. The zero-order valence-electron chi connectivity index (χ0n) is 12.8. The molecule has 0 spiro atoms. The topological polar surface area (TPSA) is 67.2 Å². The minimum absolute atomic E-state index is 0.117. The first kappa shape index (κ1) is 15.5. The number of aryl methyl sites for hydroxylation is 1. The summed E-state index contributed by atoms with van der Waals surface area (Å²) in [6.07, 6.45) is 1.90. The van der Waals surface area contributed by atoms with Crippen LogP contribution in [0.2, 0.25) is 0 Å². The molecule has 0 unspecified atom stereocenters. The number of carbonyl (C=O) groups is 1. The fourth-order valence-electron chi connectivity index (χ4n) is 2.70. The molecule has 0 saturated carbocycles. The van der Waals surface area contributed by atoms with E-state index in [1.807, 2.05) is 11.0 Å². The summed E-state index contributed by atoms with van der Waals surface area (Å²) in [7, 11) is 0. The largest absolute Gasteiger partial charge is 0.340 e. The van der Waals surface area contributed by atoms with Gasteiger partial charge in [0.25, 0.3) is 0 Å². The van der Waals surface area contributed by atoms with Gasteiger partial charge in [-0.3, -0.25) is 9.69 Å². The van der Waals surface area contributed by atoms with Gasteiger partial charge in [-0.1, -0.05) is 12.1 Å².